The first kappa shape index (κ1) is 15.8. The lowest BCUT2D eigenvalue weighted by atomic mass is 10.0. The number of piperazine rings is 1. The summed E-state index contributed by atoms with van der Waals surface area (Å²) in [5, 5.41) is 7.12. The highest BCUT2D eigenvalue weighted by atomic mass is 35.5. The molecule has 0 aromatic heterocycles. The van der Waals surface area contributed by atoms with Crippen molar-refractivity contribution in [1.29, 1.82) is 5.53 Å². The molecule has 0 spiro atoms. The maximum absolute atomic E-state index is 6.85. The van der Waals surface area contributed by atoms with E-state index in [-0.39, 0.29) is 5.54 Å². The molecule has 1 aliphatic heterocycles. The Labute approximate surface area is 129 Å². The van der Waals surface area contributed by atoms with Crippen LogP contribution in [0.4, 0.5) is 11.4 Å². The minimum absolute atomic E-state index is 0.00402. The molecule has 0 aliphatic carbocycles. The van der Waals surface area contributed by atoms with Gasteiger partial charge in [0.25, 0.3) is 0 Å². The summed E-state index contributed by atoms with van der Waals surface area (Å²) in [6.07, 6.45) is -0.657. The van der Waals surface area contributed by atoms with Gasteiger partial charge in [0, 0.05) is 35.8 Å². The largest absolute Gasteiger partial charge is 0.397 e. The second-order valence-electron chi connectivity index (χ2n) is 5.88. The van der Waals surface area contributed by atoms with Crippen molar-refractivity contribution in [2.24, 2.45) is 11.0 Å². The third-order valence-corrected chi connectivity index (χ3v) is 3.82. The number of benzene rings is 1. The Morgan fingerprint density at radius 3 is 2.86 bits per heavy atom. The summed E-state index contributed by atoms with van der Waals surface area (Å²) in [6.45, 7) is 6.84. The summed E-state index contributed by atoms with van der Waals surface area (Å²) in [5.41, 5.74) is 23.6. The molecule has 8 heteroatoms. The van der Waals surface area contributed by atoms with E-state index in [2.05, 4.69) is 34.7 Å². The molecule has 0 saturated carbocycles. The Hall–Kier alpha value is -1.57. The molecule has 116 valence electrons. The second-order valence-corrected chi connectivity index (χ2v) is 6.32. The standard InChI is InChI=1S/C13H22ClN7/c1-13(2)7-21(4-3-18-13)10-6-8(14)5-9(11(10)15)12(16)19-20-17/h5-6,12,18H,3-4,7,15-16H2,1-2H3,(H2,17,19). The molecule has 1 saturated heterocycles. The van der Waals surface area contributed by atoms with Crippen LogP contribution in [0.15, 0.2) is 17.4 Å². The summed E-state index contributed by atoms with van der Waals surface area (Å²) in [4.78, 5) is 2.20. The Morgan fingerprint density at radius 1 is 1.52 bits per heavy atom. The van der Waals surface area contributed by atoms with Crippen LogP contribution >= 0.6 is 11.6 Å². The van der Waals surface area contributed by atoms with Gasteiger partial charge in [0.2, 0.25) is 0 Å². The Bertz CT molecular complexity index is 531. The third-order valence-electron chi connectivity index (χ3n) is 3.61. The van der Waals surface area contributed by atoms with Gasteiger partial charge in [-0.1, -0.05) is 16.8 Å². The number of halogens is 1. The van der Waals surface area contributed by atoms with E-state index in [1.165, 1.54) is 0 Å². The maximum atomic E-state index is 6.85. The molecular weight excluding hydrogens is 290 g/mol. The predicted octanol–water partition coefficient (Wildman–Crippen LogP) is 1.60. The molecule has 1 aromatic rings. The van der Waals surface area contributed by atoms with Gasteiger partial charge in [-0.3, -0.25) is 5.43 Å². The van der Waals surface area contributed by atoms with E-state index >= 15 is 0 Å². The highest BCUT2D eigenvalue weighted by molar-refractivity contribution is 6.31. The smallest absolute Gasteiger partial charge is 0.121 e. The lowest BCUT2D eigenvalue weighted by Crippen LogP contribution is -2.57. The fraction of sp³-hybridized carbons (Fsp3) is 0.538. The topological polar surface area (TPSA) is 116 Å². The van der Waals surface area contributed by atoms with E-state index in [1.807, 2.05) is 6.07 Å². The molecule has 1 fully saturated rings. The predicted molar refractivity (Wildman–Crippen MR) is 85.4 cm³/mol. The molecule has 1 aliphatic rings. The van der Waals surface area contributed by atoms with Crippen LogP contribution in [0.25, 0.3) is 0 Å². The molecule has 7 nitrogen and oxygen atoms in total. The van der Waals surface area contributed by atoms with Crippen molar-refractivity contribution >= 4 is 23.0 Å². The lowest BCUT2D eigenvalue weighted by Gasteiger charge is -2.41. The Morgan fingerprint density at radius 2 is 2.24 bits per heavy atom. The first-order valence-corrected chi connectivity index (χ1v) is 7.18. The fourth-order valence-corrected chi connectivity index (χ4v) is 2.85. The number of nitrogens with zero attached hydrogens (tertiary/aromatic N) is 2. The van der Waals surface area contributed by atoms with Crippen molar-refractivity contribution in [2.45, 2.75) is 25.6 Å². The van der Waals surface area contributed by atoms with Gasteiger partial charge in [0.1, 0.15) is 6.17 Å². The monoisotopic (exact) mass is 311 g/mol. The van der Waals surface area contributed by atoms with Crippen LogP contribution in [0.1, 0.15) is 25.6 Å². The van der Waals surface area contributed by atoms with E-state index in [4.69, 9.17) is 28.6 Å². The molecular formula is C13H22ClN7. The van der Waals surface area contributed by atoms with Gasteiger partial charge in [-0.2, -0.15) is 5.53 Å². The quantitative estimate of drug-likeness (QED) is 0.251. The molecule has 0 radical (unpaired) electrons. The summed E-state index contributed by atoms with van der Waals surface area (Å²) >= 11 is 6.20. The van der Waals surface area contributed by atoms with Gasteiger partial charge in [0.05, 0.1) is 11.4 Å². The van der Waals surface area contributed by atoms with Gasteiger partial charge >= 0.3 is 0 Å². The van der Waals surface area contributed by atoms with Crippen molar-refractivity contribution in [2.75, 3.05) is 30.3 Å². The van der Waals surface area contributed by atoms with Crippen molar-refractivity contribution in [3.05, 3.63) is 22.7 Å². The lowest BCUT2D eigenvalue weighted by molar-refractivity contribution is 0.353. The fourth-order valence-electron chi connectivity index (χ4n) is 2.63. The van der Waals surface area contributed by atoms with Gasteiger partial charge in [-0.05, 0) is 26.0 Å². The average molecular weight is 312 g/mol. The van der Waals surface area contributed by atoms with Crippen LogP contribution in [0.2, 0.25) is 5.02 Å². The molecule has 21 heavy (non-hydrogen) atoms. The summed E-state index contributed by atoms with van der Waals surface area (Å²) in [7, 11) is 0. The van der Waals surface area contributed by atoms with Crippen LogP contribution in [-0.4, -0.2) is 25.2 Å². The Kier molecular flexibility index (Phi) is 4.55. The summed E-state index contributed by atoms with van der Waals surface area (Å²) < 4.78 is 0. The van der Waals surface area contributed by atoms with Crippen LogP contribution in [-0.2, 0) is 0 Å². The Balaban J connectivity index is 2.37. The van der Waals surface area contributed by atoms with E-state index in [1.54, 1.807) is 6.07 Å². The van der Waals surface area contributed by atoms with Crippen molar-refractivity contribution < 1.29 is 0 Å². The molecule has 0 bridgehead atoms. The zero-order valence-electron chi connectivity index (χ0n) is 12.3. The number of rotatable bonds is 4. The molecule has 1 heterocycles. The first-order valence-electron chi connectivity index (χ1n) is 6.80. The van der Waals surface area contributed by atoms with E-state index < -0.39 is 6.17 Å². The van der Waals surface area contributed by atoms with Crippen molar-refractivity contribution in [1.82, 2.24) is 10.7 Å². The number of anilines is 2. The van der Waals surface area contributed by atoms with Crippen molar-refractivity contribution in [3.8, 4) is 0 Å². The second kappa shape index (κ2) is 6.05. The SMILES string of the molecule is CC1(C)CN(c2cc(Cl)cc(C(N)NN=N)c2N)CCN1. The molecule has 1 aromatic carbocycles. The number of nitrogen functional groups attached to an aromatic ring is 1. The number of nitrogens with one attached hydrogen (secondary N) is 3. The highest BCUT2D eigenvalue weighted by Crippen LogP contribution is 2.34. The van der Waals surface area contributed by atoms with E-state index in [9.17, 15) is 0 Å². The average Bonchev–Trinajstić information content (AvgIpc) is 2.40. The molecule has 1 unspecified atom stereocenters. The van der Waals surface area contributed by atoms with Crippen molar-refractivity contribution in [3.63, 3.8) is 0 Å². The number of hydrogen-bond acceptors (Lipinski definition) is 6. The number of nitrogens with two attached hydrogens (primary N) is 2. The number of hydrogen-bond donors (Lipinski definition) is 5. The van der Waals surface area contributed by atoms with Gasteiger partial charge in [-0.15, -0.1) is 0 Å². The third kappa shape index (κ3) is 3.55. The van der Waals surface area contributed by atoms with Crippen LogP contribution in [0.3, 0.4) is 0 Å². The van der Waals surface area contributed by atoms with E-state index in [0.717, 1.165) is 25.3 Å². The van der Waals surface area contributed by atoms with Crippen LogP contribution in [0.5, 0.6) is 0 Å². The van der Waals surface area contributed by atoms with E-state index in [0.29, 0.717) is 16.3 Å². The zero-order valence-corrected chi connectivity index (χ0v) is 13.0. The normalized spacial score (nSPS) is 19.1. The van der Waals surface area contributed by atoms with Crippen LogP contribution in [0, 0.1) is 5.53 Å². The zero-order chi connectivity index (χ0) is 15.6. The first-order chi connectivity index (χ1) is 9.84. The van der Waals surface area contributed by atoms with Gasteiger partial charge in [-0.25, -0.2) is 0 Å². The molecule has 2 rings (SSSR count). The van der Waals surface area contributed by atoms with Gasteiger partial charge < -0.3 is 21.7 Å². The minimum atomic E-state index is -0.657. The molecule has 0 amide bonds. The highest BCUT2D eigenvalue weighted by Gasteiger charge is 2.28. The minimum Gasteiger partial charge on any atom is -0.397 e. The molecule has 1 atom stereocenters. The summed E-state index contributed by atoms with van der Waals surface area (Å²) in [6, 6.07) is 3.56. The maximum Gasteiger partial charge on any atom is 0.121 e. The molecule has 7 N–H and O–H groups in total. The summed E-state index contributed by atoms with van der Waals surface area (Å²) in [5.74, 6) is 0. The van der Waals surface area contributed by atoms with Gasteiger partial charge in [0.15, 0.2) is 0 Å². The van der Waals surface area contributed by atoms with Crippen LogP contribution < -0.4 is 27.1 Å².